The predicted molar refractivity (Wildman–Crippen MR) is 102 cm³/mol. The molecule has 0 aliphatic carbocycles. The van der Waals surface area contributed by atoms with E-state index < -0.39 is 22.8 Å². The zero-order chi connectivity index (χ0) is 21.1. The summed E-state index contributed by atoms with van der Waals surface area (Å²) in [7, 11) is 0. The Morgan fingerprint density at radius 3 is 2.59 bits per heavy atom. The van der Waals surface area contributed by atoms with Crippen LogP contribution in [-0.4, -0.2) is 41.3 Å². The van der Waals surface area contributed by atoms with E-state index in [-0.39, 0.29) is 35.1 Å². The zero-order valence-electron chi connectivity index (χ0n) is 16.1. The van der Waals surface area contributed by atoms with E-state index in [1.54, 1.807) is 19.9 Å². The summed E-state index contributed by atoms with van der Waals surface area (Å²) in [5, 5.41) is 24.2. The lowest BCUT2D eigenvalue weighted by molar-refractivity contribution is -0.385. The average Bonchev–Trinajstić information content (AvgIpc) is 3.18. The van der Waals surface area contributed by atoms with E-state index in [2.05, 4.69) is 5.32 Å². The van der Waals surface area contributed by atoms with Crippen LogP contribution >= 0.6 is 0 Å². The second kappa shape index (κ2) is 8.44. The third-order valence-corrected chi connectivity index (χ3v) is 5.08. The van der Waals surface area contributed by atoms with Crippen molar-refractivity contribution in [3.05, 3.63) is 62.5 Å². The highest BCUT2D eigenvalue weighted by molar-refractivity contribution is 5.99. The summed E-state index contributed by atoms with van der Waals surface area (Å²) in [6.45, 7) is 3.83. The number of benzene rings is 1. The van der Waals surface area contributed by atoms with Crippen LogP contribution in [0.1, 0.15) is 38.2 Å². The first-order valence-electron chi connectivity index (χ1n) is 9.25. The van der Waals surface area contributed by atoms with Crippen LogP contribution in [0.4, 0.5) is 5.69 Å². The molecule has 0 radical (unpaired) electrons. The van der Waals surface area contributed by atoms with Gasteiger partial charge in [-0.3, -0.25) is 10.1 Å². The molecular weight excluding hydrogens is 380 g/mol. The molecule has 2 aliphatic heterocycles. The topological polar surface area (TPSA) is 128 Å². The third kappa shape index (κ3) is 4.14. The number of dihydropyridines is 1. The van der Waals surface area contributed by atoms with Gasteiger partial charge in [0.15, 0.2) is 0 Å². The Labute approximate surface area is 167 Å². The maximum atomic E-state index is 12.9. The standard InChI is InChI=1S/C20H22N2O7/c1-11-16(19(23)24)18(14-7-3-4-8-15(14)22(26)27)17(12(2)21-11)20(25)29-10-13-6-5-9-28-13/h3-4,7-8,13,18,21H,5-6,9-10H2,1-2H3,(H,23,24). The smallest absolute Gasteiger partial charge is 0.336 e. The molecule has 3 rings (SSSR count). The maximum Gasteiger partial charge on any atom is 0.336 e. The van der Waals surface area contributed by atoms with E-state index in [0.29, 0.717) is 18.0 Å². The lowest BCUT2D eigenvalue weighted by Gasteiger charge is -2.29. The van der Waals surface area contributed by atoms with Gasteiger partial charge in [0, 0.05) is 29.6 Å². The molecule has 2 N–H and O–H groups in total. The van der Waals surface area contributed by atoms with Crippen LogP contribution in [0.2, 0.25) is 0 Å². The quantitative estimate of drug-likeness (QED) is 0.422. The lowest BCUT2D eigenvalue weighted by Crippen LogP contribution is -2.33. The van der Waals surface area contributed by atoms with Gasteiger partial charge in [-0.25, -0.2) is 9.59 Å². The normalized spacial score (nSPS) is 21.7. The largest absolute Gasteiger partial charge is 0.478 e. The number of esters is 1. The molecule has 0 aromatic heterocycles. The minimum absolute atomic E-state index is 0.0419. The Bertz CT molecular complexity index is 913. The Hall–Kier alpha value is -3.20. The number of allylic oxidation sites excluding steroid dienone is 2. The van der Waals surface area contributed by atoms with Gasteiger partial charge in [-0.05, 0) is 26.7 Å². The van der Waals surface area contributed by atoms with Gasteiger partial charge >= 0.3 is 11.9 Å². The molecule has 9 heteroatoms. The second-order valence-corrected chi connectivity index (χ2v) is 6.99. The lowest BCUT2D eigenvalue weighted by atomic mass is 9.79. The Morgan fingerprint density at radius 2 is 1.97 bits per heavy atom. The van der Waals surface area contributed by atoms with Crippen molar-refractivity contribution in [1.82, 2.24) is 5.32 Å². The third-order valence-electron chi connectivity index (χ3n) is 5.08. The minimum atomic E-state index is -1.27. The number of carboxylic acid groups (broad SMARTS) is 1. The second-order valence-electron chi connectivity index (χ2n) is 6.99. The van der Waals surface area contributed by atoms with E-state index in [1.807, 2.05) is 0 Å². The molecule has 2 atom stereocenters. The first-order chi connectivity index (χ1) is 13.8. The van der Waals surface area contributed by atoms with E-state index in [4.69, 9.17) is 9.47 Å². The fourth-order valence-electron chi connectivity index (χ4n) is 3.78. The number of aliphatic carboxylic acids is 1. The van der Waals surface area contributed by atoms with Crippen molar-refractivity contribution in [3.8, 4) is 0 Å². The molecule has 1 aromatic carbocycles. The van der Waals surface area contributed by atoms with Gasteiger partial charge in [0.1, 0.15) is 6.61 Å². The van der Waals surface area contributed by atoms with Crippen molar-refractivity contribution in [2.45, 2.75) is 38.7 Å². The monoisotopic (exact) mass is 402 g/mol. The van der Waals surface area contributed by atoms with Crippen LogP contribution in [0, 0.1) is 10.1 Å². The van der Waals surface area contributed by atoms with Crippen molar-refractivity contribution in [3.63, 3.8) is 0 Å². The number of nitro groups is 1. The van der Waals surface area contributed by atoms with Crippen molar-refractivity contribution >= 4 is 17.6 Å². The summed E-state index contributed by atoms with van der Waals surface area (Å²) >= 11 is 0. The van der Waals surface area contributed by atoms with E-state index in [0.717, 1.165) is 12.8 Å². The molecule has 1 fully saturated rings. The van der Waals surface area contributed by atoms with Crippen LogP contribution in [-0.2, 0) is 19.1 Å². The van der Waals surface area contributed by atoms with Crippen molar-refractivity contribution in [1.29, 1.82) is 0 Å². The molecule has 0 spiro atoms. The van der Waals surface area contributed by atoms with Gasteiger partial charge in [-0.1, -0.05) is 18.2 Å². The highest BCUT2D eigenvalue weighted by atomic mass is 16.6. The highest BCUT2D eigenvalue weighted by Gasteiger charge is 2.40. The number of nitrogens with one attached hydrogen (secondary N) is 1. The summed E-state index contributed by atoms with van der Waals surface area (Å²) in [6.07, 6.45) is 1.46. The summed E-state index contributed by atoms with van der Waals surface area (Å²) in [6, 6.07) is 5.82. The predicted octanol–water partition coefficient (Wildman–Crippen LogP) is 2.64. The number of ether oxygens (including phenoxy) is 2. The Balaban J connectivity index is 2.04. The molecule has 29 heavy (non-hydrogen) atoms. The number of para-hydroxylation sites is 1. The fraction of sp³-hybridized carbons (Fsp3) is 0.400. The van der Waals surface area contributed by atoms with Crippen LogP contribution < -0.4 is 5.32 Å². The molecule has 2 aliphatic rings. The van der Waals surface area contributed by atoms with Crippen LogP contribution in [0.15, 0.2) is 46.8 Å². The molecule has 2 heterocycles. The molecule has 1 saturated heterocycles. The minimum Gasteiger partial charge on any atom is -0.478 e. The summed E-state index contributed by atoms with van der Waals surface area (Å²) in [5.41, 5.74) is 0.485. The van der Waals surface area contributed by atoms with E-state index >= 15 is 0 Å². The zero-order valence-corrected chi connectivity index (χ0v) is 16.1. The molecule has 0 saturated carbocycles. The summed E-state index contributed by atoms with van der Waals surface area (Å²) in [4.78, 5) is 35.9. The van der Waals surface area contributed by atoms with Gasteiger partial charge in [0.25, 0.3) is 5.69 Å². The number of rotatable bonds is 6. The molecule has 154 valence electrons. The Kier molecular flexibility index (Phi) is 5.97. The van der Waals surface area contributed by atoms with E-state index in [1.165, 1.54) is 18.2 Å². The maximum absolute atomic E-state index is 12.9. The van der Waals surface area contributed by atoms with E-state index in [9.17, 15) is 24.8 Å². The summed E-state index contributed by atoms with van der Waals surface area (Å²) < 4.78 is 10.9. The number of carbonyl (C=O) groups is 2. The molecule has 0 bridgehead atoms. The van der Waals surface area contributed by atoms with Gasteiger partial charge in [0.05, 0.1) is 28.1 Å². The Morgan fingerprint density at radius 1 is 1.28 bits per heavy atom. The molecular formula is C20H22N2O7. The highest BCUT2D eigenvalue weighted by Crippen LogP contribution is 2.42. The number of hydrogen-bond acceptors (Lipinski definition) is 7. The van der Waals surface area contributed by atoms with Crippen LogP contribution in [0.5, 0.6) is 0 Å². The number of carbonyl (C=O) groups excluding carboxylic acids is 1. The number of hydrogen-bond donors (Lipinski definition) is 2. The van der Waals surface area contributed by atoms with Crippen molar-refractivity contribution in [2.24, 2.45) is 0 Å². The van der Waals surface area contributed by atoms with Crippen molar-refractivity contribution in [2.75, 3.05) is 13.2 Å². The molecule has 1 aromatic rings. The molecule has 9 nitrogen and oxygen atoms in total. The number of carboxylic acids is 1. The number of nitrogens with zero attached hydrogens (tertiary/aromatic N) is 1. The average molecular weight is 402 g/mol. The summed E-state index contributed by atoms with van der Waals surface area (Å²) in [5.74, 6) is -3.12. The first-order valence-corrected chi connectivity index (χ1v) is 9.25. The van der Waals surface area contributed by atoms with Gasteiger partial charge in [0.2, 0.25) is 0 Å². The van der Waals surface area contributed by atoms with Crippen molar-refractivity contribution < 1.29 is 29.1 Å². The molecule has 0 amide bonds. The number of nitro benzene ring substituents is 1. The fourth-order valence-corrected chi connectivity index (χ4v) is 3.78. The van der Waals surface area contributed by atoms with Gasteiger partial charge in [-0.2, -0.15) is 0 Å². The van der Waals surface area contributed by atoms with Crippen LogP contribution in [0.25, 0.3) is 0 Å². The SMILES string of the molecule is CC1=C(C(=O)O)C(c2ccccc2[N+](=O)[O-])C(C(=O)OCC2CCCO2)=C(C)N1. The molecule has 2 unspecified atom stereocenters. The first kappa shape index (κ1) is 20.5. The van der Waals surface area contributed by atoms with Gasteiger partial charge in [-0.15, -0.1) is 0 Å². The van der Waals surface area contributed by atoms with Crippen LogP contribution in [0.3, 0.4) is 0 Å². The van der Waals surface area contributed by atoms with Gasteiger partial charge < -0.3 is 19.9 Å².